The minimum absolute atomic E-state index is 0.310. The number of para-hydroxylation sites is 1. The molecule has 1 amide bonds. The lowest BCUT2D eigenvalue weighted by Crippen LogP contribution is -2.40. The van der Waals surface area contributed by atoms with E-state index in [0.29, 0.717) is 54.9 Å². The Morgan fingerprint density at radius 2 is 1.82 bits per heavy atom. The largest absolute Gasteiger partial charge is 0.497 e. The van der Waals surface area contributed by atoms with Crippen molar-refractivity contribution >= 4 is 60.9 Å². The van der Waals surface area contributed by atoms with E-state index in [1.807, 2.05) is 54.6 Å². The number of ether oxygens (including phenoxy) is 2. The molecule has 1 aliphatic heterocycles. The Labute approximate surface area is 273 Å². The molecule has 3 aromatic carbocycles. The number of rotatable bonds is 7. The number of carbonyl (C=O) groups is 1. The van der Waals surface area contributed by atoms with Gasteiger partial charge in [-0.15, -0.1) is 0 Å². The number of fused-ring (bicyclic) bond motifs is 1. The third kappa shape index (κ3) is 5.70. The SMILES string of the molecule is COc1ccc([C@H]2C(C(=O)Nc3ccccc3)=C(C)N=c3s/c(=C/c4ccc(-c5cc(Br)ccc5Br)o4)c(=O)n32)c(OC)c1. The van der Waals surface area contributed by atoms with Crippen molar-refractivity contribution in [2.24, 2.45) is 4.99 Å². The number of hydrogen-bond donors (Lipinski definition) is 1. The monoisotopic (exact) mass is 733 g/mol. The average Bonchev–Trinajstić information content (AvgIpc) is 3.61. The predicted molar refractivity (Wildman–Crippen MR) is 178 cm³/mol. The van der Waals surface area contributed by atoms with E-state index in [-0.39, 0.29) is 11.5 Å². The van der Waals surface area contributed by atoms with E-state index in [9.17, 15) is 9.59 Å². The van der Waals surface area contributed by atoms with Crippen molar-refractivity contribution in [3.05, 3.63) is 130 Å². The Balaban J connectivity index is 1.49. The number of nitrogens with one attached hydrogen (secondary N) is 1. The third-order valence-electron chi connectivity index (χ3n) is 7.13. The summed E-state index contributed by atoms with van der Waals surface area (Å²) >= 11 is 8.31. The first-order valence-electron chi connectivity index (χ1n) is 13.4. The van der Waals surface area contributed by atoms with Gasteiger partial charge in [0.1, 0.15) is 29.1 Å². The number of furan rings is 1. The minimum Gasteiger partial charge on any atom is -0.497 e. The maximum absolute atomic E-state index is 14.1. The molecule has 222 valence electrons. The van der Waals surface area contributed by atoms with Crippen LogP contribution in [-0.4, -0.2) is 24.7 Å². The normalized spacial score (nSPS) is 14.7. The van der Waals surface area contributed by atoms with Crippen LogP contribution in [0.1, 0.15) is 24.3 Å². The van der Waals surface area contributed by atoms with Gasteiger partial charge in [-0.05, 0) is 61.5 Å². The van der Waals surface area contributed by atoms with E-state index in [4.69, 9.17) is 18.9 Å². The first kappa shape index (κ1) is 29.9. The zero-order valence-corrected chi connectivity index (χ0v) is 27.7. The molecule has 11 heteroatoms. The van der Waals surface area contributed by atoms with E-state index < -0.39 is 6.04 Å². The van der Waals surface area contributed by atoms with Crippen molar-refractivity contribution in [3.8, 4) is 22.8 Å². The van der Waals surface area contributed by atoms with Gasteiger partial charge in [0.05, 0.1) is 30.0 Å². The van der Waals surface area contributed by atoms with Crippen molar-refractivity contribution in [2.75, 3.05) is 19.5 Å². The molecule has 6 rings (SSSR count). The summed E-state index contributed by atoms with van der Waals surface area (Å²) in [7, 11) is 3.11. The predicted octanol–water partition coefficient (Wildman–Crippen LogP) is 6.68. The summed E-state index contributed by atoms with van der Waals surface area (Å²) in [4.78, 5) is 33.2. The van der Waals surface area contributed by atoms with Gasteiger partial charge < -0.3 is 19.2 Å². The molecule has 5 aromatic rings. The topological polar surface area (TPSA) is 95.1 Å². The van der Waals surface area contributed by atoms with Crippen LogP contribution in [0.5, 0.6) is 11.5 Å². The van der Waals surface area contributed by atoms with Crippen molar-refractivity contribution in [2.45, 2.75) is 13.0 Å². The highest BCUT2D eigenvalue weighted by molar-refractivity contribution is 9.11. The highest BCUT2D eigenvalue weighted by Crippen LogP contribution is 2.38. The summed E-state index contributed by atoms with van der Waals surface area (Å²) in [5, 5.41) is 2.96. The second-order valence-corrected chi connectivity index (χ2v) is 12.6. The summed E-state index contributed by atoms with van der Waals surface area (Å²) in [6.45, 7) is 1.77. The van der Waals surface area contributed by atoms with E-state index in [1.54, 1.807) is 56.1 Å². The molecule has 0 radical (unpaired) electrons. The minimum atomic E-state index is -0.817. The highest BCUT2D eigenvalue weighted by atomic mass is 79.9. The van der Waals surface area contributed by atoms with Gasteiger partial charge in [0.15, 0.2) is 4.80 Å². The molecule has 2 aromatic heterocycles. The van der Waals surface area contributed by atoms with Gasteiger partial charge in [-0.1, -0.05) is 61.4 Å². The number of nitrogens with zero attached hydrogens (tertiary/aromatic N) is 2. The molecule has 1 aliphatic rings. The van der Waals surface area contributed by atoms with Crippen LogP contribution in [0.4, 0.5) is 5.69 Å². The van der Waals surface area contributed by atoms with Gasteiger partial charge in [0.25, 0.3) is 11.5 Å². The molecule has 44 heavy (non-hydrogen) atoms. The van der Waals surface area contributed by atoms with Gasteiger partial charge in [0.2, 0.25) is 0 Å². The van der Waals surface area contributed by atoms with Crippen LogP contribution in [-0.2, 0) is 4.79 Å². The summed E-state index contributed by atoms with van der Waals surface area (Å²) in [6.07, 6.45) is 1.70. The lowest BCUT2D eigenvalue weighted by atomic mass is 9.94. The van der Waals surface area contributed by atoms with Crippen molar-refractivity contribution in [1.82, 2.24) is 4.57 Å². The smallest absolute Gasteiger partial charge is 0.271 e. The maximum atomic E-state index is 14.1. The van der Waals surface area contributed by atoms with E-state index in [2.05, 4.69) is 37.2 Å². The summed E-state index contributed by atoms with van der Waals surface area (Å²) in [6, 6.07) is 23.1. The number of carbonyl (C=O) groups excluding carboxylic acids is 1. The van der Waals surface area contributed by atoms with Gasteiger partial charge in [-0.3, -0.25) is 14.2 Å². The molecule has 0 saturated carbocycles. The van der Waals surface area contributed by atoms with Gasteiger partial charge in [-0.2, -0.15) is 0 Å². The first-order chi connectivity index (χ1) is 21.3. The lowest BCUT2D eigenvalue weighted by Gasteiger charge is -2.26. The second kappa shape index (κ2) is 12.4. The van der Waals surface area contributed by atoms with Crippen molar-refractivity contribution < 1.29 is 18.7 Å². The summed E-state index contributed by atoms with van der Waals surface area (Å²) in [5.74, 6) is 1.84. The molecule has 0 saturated heterocycles. The fraction of sp³-hybridized carbons (Fsp3) is 0.121. The van der Waals surface area contributed by atoms with Crippen LogP contribution in [0.25, 0.3) is 17.4 Å². The zero-order valence-electron chi connectivity index (χ0n) is 23.8. The Morgan fingerprint density at radius 3 is 2.57 bits per heavy atom. The average molecular weight is 735 g/mol. The number of halogens is 2. The third-order valence-corrected chi connectivity index (χ3v) is 9.29. The Kier molecular flexibility index (Phi) is 8.44. The summed E-state index contributed by atoms with van der Waals surface area (Å²) in [5.41, 5.74) is 2.63. The molecule has 0 spiro atoms. The van der Waals surface area contributed by atoms with E-state index in [1.165, 1.54) is 11.3 Å². The standard InChI is InChI=1S/C33H25Br2N3O5S/c1-18-29(31(39)37-20-7-5-4-6-8-20)30(23-12-10-21(41-2)16-27(23)42-3)38-32(40)28(44-33(38)36-18)17-22-11-14-26(43-22)24-15-19(34)9-13-25(24)35/h4-17,30H,1-3H3,(H,37,39)/b28-17+/t30-/m0/s1. The van der Waals surface area contributed by atoms with Crippen molar-refractivity contribution in [1.29, 1.82) is 0 Å². The molecule has 0 bridgehead atoms. The Bertz CT molecular complexity index is 2110. The molecular weight excluding hydrogens is 710 g/mol. The number of aromatic nitrogens is 1. The molecule has 1 atom stereocenters. The lowest BCUT2D eigenvalue weighted by molar-refractivity contribution is -0.113. The van der Waals surface area contributed by atoms with Crippen LogP contribution in [0.15, 0.2) is 113 Å². The molecule has 0 aliphatic carbocycles. The highest BCUT2D eigenvalue weighted by Gasteiger charge is 2.34. The fourth-order valence-electron chi connectivity index (χ4n) is 5.06. The van der Waals surface area contributed by atoms with E-state index >= 15 is 0 Å². The van der Waals surface area contributed by atoms with Crippen LogP contribution in [0.2, 0.25) is 0 Å². The molecular formula is C33H25Br2N3O5S. The molecule has 0 unspecified atom stereocenters. The number of benzene rings is 3. The Morgan fingerprint density at radius 1 is 1.02 bits per heavy atom. The van der Waals surface area contributed by atoms with Crippen molar-refractivity contribution in [3.63, 3.8) is 0 Å². The Hall–Kier alpha value is -4.19. The first-order valence-corrected chi connectivity index (χ1v) is 15.8. The number of anilines is 1. The number of allylic oxidation sites excluding steroid dienone is 1. The van der Waals surface area contributed by atoms with Crippen LogP contribution >= 0.6 is 43.2 Å². The molecule has 8 nitrogen and oxygen atoms in total. The van der Waals surface area contributed by atoms with E-state index in [0.717, 1.165) is 14.5 Å². The van der Waals surface area contributed by atoms with Gasteiger partial charge in [0, 0.05) is 37.9 Å². The maximum Gasteiger partial charge on any atom is 0.271 e. The molecule has 0 fully saturated rings. The van der Waals surface area contributed by atoms with Gasteiger partial charge in [-0.25, -0.2) is 4.99 Å². The zero-order chi connectivity index (χ0) is 31.0. The summed E-state index contributed by atoms with van der Waals surface area (Å²) < 4.78 is 21.0. The number of methoxy groups -OCH3 is 2. The number of hydrogen-bond acceptors (Lipinski definition) is 7. The van der Waals surface area contributed by atoms with Crippen LogP contribution in [0, 0.1) is 0 Å². The number of thiazole rings is 1. The van der Waals surface area contributed by atoms with Gasteiger partial charge >= 0.3 is 0 Å². The quantitative estimate of drug-likeness (QED) is 0.202. The fourth-order valence-corrected chi connectivity index (χ4v) is 6.89. The molecule has 1 N–H and O–H groups in total. The molecule has 3 heterocycles. The van der Waals surface area contributed by atoms with Crippen LogP contribution in [0.3, 0.4) is 0 Å². The second-order valence-electron chi connectivity index (χ2n) is 9.84. The number of amides is 1. The van der Waals surface area contributed by atoms with Crippen LogP contribution < -0.4 is 29.7 Å².